The van der Waals surface area contributed by atoms with Crippen molar-refractivity contribution in [3.05, 3.63) is 112 Å². The van der Waals surface area contributed by atoms with Gasteiger partial charge in [0.05, 0.1) is 39.5 Å². The predicted molar refractivity (Wildman–Crippen MR) is 174 cm³/mol. The molecular weight excluding hydrogens is 660 g/mol. The lowest BCUT2D eigenvalue weighted by atomic mass is 9.95. The Balaban J connectivity index is 1.38. The van der Waals surface area contributed by atoms with Gasteiger partial charge in [0.1, 0.15) is 6.61 Å². The summed E-state index contributed by atoms with van der Waals surface area (Å²) in [7, 11) is 0. The van der Waals surface area contributed by atoms with Crippen LogP contribution >= 0.6 is 27.3 Å². The van der Waals surface area contributed by atoms with E-state index in [9.17, 15) is 9.59 Å². The van der Waals surface area contributed by atoms with Gasteiger partial charge < -0.3 is 23.7 Å². The van der Waals surface area contributed by atoms with Crippen molar-refractivity contribution in [3.63, 3.8) is 0 Å². The largest absolute Gasteiger partial charge is 0.490 e. The Morgan fingerprint density at radius 3 is 2.58 bits per heavy atom. The summed E-state index contributed by atoms with van der Waals surface area (Å²) in [5, 5.41) is 0. The van der Waals surface area contributed by atoms with Crippen molar-refractivity contribution >= 4 is 39.3 Å². The third kappa shape index (κ3) is 6.14. The van der Waals surface area contributed by atoms with Crippen LogP contribution in [0.4, 0.5) is 0 Å². The molecule has 0 spiro atoms. The van der Waals surface area contributed by atoms with Crippen LogP contribution in [-0.4, -0.2) is 30.5 Å². The van der Waals surface area contributed by atoms with Gasteiger partial charge in [0, 0.05) is 0 Å². The zero-order chi connectivity index (χ0) is 31.7. The number of benzene rings is 3. The smallest absolute Gasteiger partial charge is 0.338 e. The highest BCUT2D eigenvalue weighted by Crippen LogP contribution is 2.39. The molecule has 3 aromatic carbocycles. The maximum Gasteiger partial charge on any atom is 0.338 e. The summed E-state index contributed by atoms with van der Waals surface area (Å²) in [5.41, 5.74) is 4.15. The standard InChI is InChI=1S/C34H31BrN2O7S/c1-5-40-27-15-22(13-24(35)31(27)42-17-21-9-12-25-26(14-21)44-18-43-25)16-28-32(38)37-30(23-10-7-19(3)8-11-23)29(33(39)41-6-2)20(4)36-34(37)45-28/h7-16,30H,5-6,17-18H2,1-4H3/b28-16+/t30-/m0/s1. The molecule has 3 heterocycles. The van der Waals surface area contributed by atoms with Crippen molar-refractivity contribution in [1.82, 2.24) is 4.57 Å². The van der Waals surface area contributed by atoms with Gasteiger partial charge in [-0.05, 0) is 90.7 Å². The summed E-state index contributed by atoms with van der Waals surface area (Å²) in [4.78, 5) is 32.3. The number of hydrogen-bond donors (Lipinski definition) is 0. The van der Waals surface area contributed by atoms with E-state index >= 15 is 0 Å². The van der Waals surface area contributed by atoms with E-state index < -0.39 is 12.0 Å². The van der Waals surface area contributed by atoms with Crippen molar-refractivity contribution in [3.8, 4) is 23.0 Å². The van der Waals surface area contributed by atoms with E-state index in [4.69, 9.17) is 23.7 Å². The number of halogens is 1. The van der Waals surface area contributed by atoms with Crippen LogP contribution in [0.1, 0.15) is 49.1 Å². The minimum atomic E-state index is -0.666. The van der Waals surface area contributed by atoms with E-state index in [2.05, 4.69) is 20.9 Å². The molecule has 0 amide bonds. The van der Waals surface area contributed by atoms with Crippen LogP contribution in [0.2, 0.25) is 0 Å². The first-order valence-corrected chi connectivity index (χ1v) is 16.1. The number of carbonyl (C=O) groups is 1. The lowest BCUT2D eigenvalue weighted by Gasteiger charge is -2.24. The molecule has 6 rings (SSSR count). The van der Waals surface area contributed by atoms with Gasteiger partial charge in [-0.25, -0.2) is 9.79 Å². The van der Waals surface area contributed by atoms with Gasteiger partial charge in [-0.2, -0.15) is 0 Å². The van der Waals surface area contributed by atoms with Crippen LogP contribution in [0, 0.1) is 6.92 Å². The maximum absolute atomic E-state index is 14.0. The lowest BCUT2D eigenvalue weighted by Crippen LogP contribution is -2.39. The van der Waals surface area contributed by atoms with E-state index in [0.717, 1.165) is 22.3 Å². The summed E-state index contributed by atoms with van der Waals surface area (Å²) in [6, 6.07) is 16.5. The fourth-order valence-corrected chi connectivity index (χ4v) is 6.89. The Morgan fingerprint density at radius 1 is 1.04 bits per heavy atom. The molecule has 0 aliphatic carbocycles. The van der Waals surface area contributed by atoms with Crippen molar-refractivity contribution in [2.45, 2.75) is 40.3 Å². The monoisotopic (exact) mass is 690 g/mol. The highest BCUT2D eigenvalue weighted by atomic mass is 79.9. The maximum atomic E-state index is 14.0. The minimum absolute atomic E-state index is 0.206. The number of esters is 1. The highest BCUT2D eigenvalue weighted by Gasteiger charge is 2.33. The van der Waals surface area contributed by atoms with Crippen LogP contribution in [0.3, 0.4) is 0 Å². The van der Waals surface area contributed by atoms with Gasteiger partial charge in [0.15, 0.2) is 27.8 Å². The Kier molecular flexibility index (Phi) is 8.82. The van der Waals surface area contributed by atoms with Gasteiger partial charge in [-0.1, -0.05) is 47.2 Å². The summed E-state index contributed by atoms with van der Waals surface area (Å²) in [6.45, 7) is 8.55. The number of allylic oxidation sites excluding steroid dienone is 1. The topological polar surface area (TPSA) is 97.6 Å². The zero-order valence-electron chi connectivity index (χ0n) is 25.2. The molecule has 0 radical (unpaired) electrons. The van der Waals surface area contributed by atoms with Crippen LogP contribution in [0.25, 0.3) is 6.08 Å². The molecule has 0 unspecified atom stereocenters. The molecule has 1 atom stereocenters. The molecule has 4 aromatic rings. The number of carbonyl (C=O) groups excluding carboxylic acids is 1. The first-order chi connectivity index (χ1) is 21.8. The SMILES string of the molecule is CCOC(=O)C1=C(C)N=c2s/c(=C/c3cc(Br)c(OCc4ccc5c(c4)OCO5)c(OCC)c3)c(=O)n2[C@H]1c1ccc(C)cc1. The van der Waals surface area contributed by atoms with E-state index in [-0.39, 0.29) is 25.6 Å². The second-order valence-corrected chi connectivity index (χ2v) is 12.3. The third-order valence-corrected chi connectivity index (χ3v) is 8.93. The molecule has 2 aliphatic heterocycles. The molecule has 0 fully saturated rings. The second-order valence-electron chi connectivity index (χ2n) is 10.5. The third-order valence-electron chi connectivity index (χ3n) is 7.36. The second kappa shape index (κ2) is 12.9. The zero-order valence-corrected chi connectivity index (χ0v) is 27.6. The number of aromatic nitrogens is 1. The molecule has 0 N–H and O–H groups in total. The molecule has 0 saturated carbocycles. The summed E-state index contributed by atoms with van der Waals surface area (Å²) in [5.74, 6) is 1.99. The number of hydrogen-bond acceptors (Lipinski definition) is 9. The lowest BCUT2D eigenvalue weighted by molar-refractivity contribution is -0.139. The minimum Gasteiger partial charge on any atom is -0.490 e. The molecule has 232 valence electrons. The number of rotatable bonds is 9. The Bertz CT molecular complexity index is 2000. The molecule has 45 heavy (non-hydrogen) atoms. The fourth-order valence-electron chi connectivity index (χ4n) is 5.27. The number of aryl methyl sites for hydroxylation is 1. The van der Waals surface area contributed by atoms with E-state index in [1.807, 2.05) is 68.4 Å². The Labute approximate surface area is 272 Å². The van der Waals surface area contributed by atoms with E-state index in [0.29, 0.717) is 54.7 Å². The Morgan fingerprint density at radius 2 is 1.82 bits per heavy atom. The molecule has 2 aliphatic rings. The molecular formula is C34H31BrN2O7S. The summed E-state index contributed by atoms with van der Waals surface area (Å²) < 4.78 is 31.1. The van der Waals surface area contributed by atoms with Crippen LogP contribution < -0.4 is 33.8 Å². The van der Waals surface area contributed by atoms with Crippen molar-refractivity contribution in [2.24, 2.45) is 4.99 Å². The van der Waals surface area contributed by atoms with Crippen LogP contribution in [0.15, 0.2) is 80.1 Å². The highest BCUT2D eigenvalue weighted by molar-refractivity contribution is 9.10. The number of nitrogens with zero attached hydrogens (tertiary/aromatic N) is 2. The Hall–Kier alpha value is -4.35. The fraction of sp³-hybridized carbons (Fsp3) is 0.265. The van der Waals surface area contributed by atoms with Crippen molar-refractivity contribution in [1.29, 1.82) is 0 Å². The normalized spacial score (nSPS) is 15.5. The van der Waals surface area contributed by atoms with Gasteiger partial charge >= 0.3 is 5.97 Å². The van der Waals surface area contributed by atoms with Gasteiger partial charge in [0.25, 0.3) is 5.56 Å². The molecule has 1 aromatic heterocycles. The van der Waals surface area contributed by atoms with E-state index in [1.54, 1.807) is 24.5 Å². The van der Waals surface area contributed by atoms with Crippen molar-refractivity contribution < 1.29 is 28.5 Å². The number of ether oxygens (including phenoxy) is 5. The number of thiazole rings is 1. The quantitative estimate of drug-likeness (QED) is 0.212. The van der Waals surface area contributed by atoms with E-state index in [1.165, 1.54) is 11.3 Å². The molecule has 0 saturated heterocycles. The first-order valence-electron chi connectivity index (χ1n) is 14.5. The summed E-state index contributed by atoms with van der Waals surface area (Å²) in [6.07, 6.45) is 1.80. The van der Waals surface area contributed by atoms with Crippen LogP contribution in [-0.2, 0) is 16.1 Å². The first kappa shape index (κ1) is 30.7. The molecule has 9 nitrogen and oxygen atoms in total. The summed E-state index contributed by atoms with van der Waals surface area (Å²) >= 11 is 4.91. The van der Waals surface area contributed by atoms with Crippen molar-refractivity contribution in [2.75, 3.05) is 20.0 Å². The predicted octanol–water partition coefficient (Wildman–Crippen LogP) is 5.58. The average molecular weight is 692 g/mol. The average Bonchev–Trinajstić information content (AvgIpc) is 3.60. The van der Waals surface area contributed by atoms with Gasteiger partial charge in [0.2, 0.25) is 6.79 Å². The van der Waals surface area contributed by atoms with Gasteiger partial charge in [-0.15, -0.1) is 0 Å². The van der Waals surface area contributed by atoms with Gasteiger partial charge in [-0.3, -0.25) is 9.36 Å². The van der Waals surface area contributed by atoms with Crippen LogP contribution in [0.5, 0.6) is 23.0 Å². The molecule has 0 bridgehead atoms. The molecule has 11 heteroatoms. The number of fused-ring (bicyclic) bond motifs is 2.